The second-order valence-electron chi connectivity index (χ2n) is 6.84. The summed E-state index contributed by atoms with van der Waals surface area (Å²) in [7, 11) is -3.42. The molecule has 0 amide bonds. The maximum absolute atomic E-state index is 14.8. The van der Waals surface area contributed by atoms with E-state index in [0.29, 0.717) is 16.4 Å². The molecule has 31 heavy (non-hydrogen) atoms. The first-order valence-corrected chi connectivity index (χ1v) is 12.6. The molecule has 0 aromatic heterocycles. The third kappa shape index (κ3) is 5.13. The van der Waals surface area contributed by atoms with Gasteiger partial charge in [-0.1, -0.05) is 114 Å². The summed E-state index contributed by atoms with van der Waals surface area (Å²) < 4.78 is 14.7. The highest BCUT2D eigenvalue weighted by molar-refractivity contribution is 7.82. The minimum absolute atomic E-state index is 0.100. The second kappa shape index (κ2) is 10.8. The van der Waals surface area contributed by atoms with Crippen molar-refractivity contribution in [3.05, 3.63) is 106 Å². The van der Waals surface area contributed by atoms with Crippen LogP contribution >= 0.6 is 30.3 Å². The van der Waals surface area contributed by atoms with Gasteiger partial charge in [-0.2, -0.15) is 0 Å². The van der Waals surface area contributed by atoms with E-state index in [9.17, 15) is 4.57 Å². The SMILES string of the molecule is CCN(CC)/C(=N/C(=C(Cl)Cl)P(=O)(c1ccccc1)c1ccccc1)c1ccccc1. The van der Waals surface area contributed by atoms with Crippen molar-refractivity contribution in [3.63, 3.8) is 0 Å². The van der Waals surface area contributed by atoms with Gasteiger partial charge in [0, 0.05) is 29.3 Å². The van der Waals surface area contributed by atoms with E-state index in [-0.39, 0.29) is 9.93 Å². The van der Waals surface area contributed by atoms with Crippen molar-refractivity contribution in [2.45, 2.75) is 13.8 Å². The highest BCUT2D eigenvalue weighted by atomic mass is 35.5. The third-order valence-electron chi connectivity index (χ3n) is 5.01. The Balaban J connectivity index is 2.32. The van der Waals surface area contributed by atoms with Crippen molar-refractivity contribution in [3.8, 4) is 0 Å². The monoisotopic (exact) mass is 470 g/mol. The van der Waals surface area contributed by atoms with Gasteiger partial charge in [0.2, 0.25) is 0 Å². The highest BCUT2D eigenvalue weighted by Crippen LogP contribution is 2.55. The zero-order valence-electron chi connectivity index (χ0n) is 17.6. The summed E-state index contributed by atoms with van der Waals surface area (Å²) in [6.45, 7) is 5.58. The molecule has 0 aliphatic carbocycles. The van der Waals surface area contributed by atoms with E-state index in [1.807, 2.05) is 91.0 Å². The van der Waals surface area contributed by atoms with Crippen LogP contribution in [0.3, 0.4) is 0 Å². The molecule has 0 radical (unpaired) electrons. The van der Waals surface area contributed by atoms with Gasteiger partial charge in [0.05, 0.1) is 0 Å². The molecule has 3 aromatic carbocycles. The lowest BCUT2D eigenvalue weighted by Gasteiger charge is -2.26. The van der Waals surface area contributed by atoms with Gasteiger partial charge in [0.25, 0.3) is 0 Å². The fourth-order valence-corrected chi connectivity index (χ4v) is 6.67. The molecule has 3 aromatic rings. The average Bonchev–Trinajstić information content (AvgIpc) is 2.83. The Morgan fingerprint density at radius 3 is 1.58 bits per heavy atom. The first kappa shape index (κ1) is 23.3. The van der Waals surface area contributed by atoms with Crippen molar-refractivity contribution >= 4 is 46.8 Å². The topological polar surface area (TPSA) is 32.7 Å². The molecule has 0 heterocycles. The molecule has 0 saturated heterocycles. The molecule has 160 valence electrons. The van der Waals surface area contributed by atoms with Crippen molar-refractivity contribution in [1.29, 1.82) is 0 Å². The average molecular weight is 471 g/mol. The summed E-state index contributed by atoms with van der Waals surface area (Å²) >= 11 is 12.8. The largest absolute Gasteiger partial charge is 0.357 e. The molecule has 0 atom stereocenters. The van der Waals surface area contributed by atoms with Crippen molar-refractivity contribution in [2.24, 2.45) is 4.99 Å². The maximum Gasteiger partial charge on any atom is 0.191 e. The number of benzene rings is 3. The minimum Gasteiger partial charge on any atom is -0.357 e. The summed E-state index contributed by atoms with van der Waals surface area (Å²) in [4.78, 5) is 7.01. The molecule has 0 aliphatic rings. The molecule has 0 saturated carbocycles. The number of nitrogens with zero attached hydrogens (tertiary/aromatic N) is 2. The van der Waals surface area contributed by atoms with Gasteiger partial charge in [-0.3, -0.25) is 0 Å². The van der Waals surface area contributed by atoms with Crippen LogP contribution in [0.25, 0.3) is 0 Å². The van der Waals surface area contributed by atoms with E-state index in [1.165, 1.54) is 0 Å². The van der Waals surface area contributed by atoms with E-state index < -0.39 is 7.14 Å². The number of halogens is 2. The smallest absolute Gasteiger partial charge is 0.191 e. The number of rotatable bonds is 7. The van der Waals surface area contributed by atoms with Gasteiger partial charge in [-0.05, 0) is 13.8 Å². The molecule has 6 heteroatoms. The quantitative estimate of drug-likeness (QED) is 0.227. The number of aliphatic imine (C=N–C) groups is 1. The number of amidine groups is 1. The number of hydrogen-bond acceptors (Lipinski definition) is 2. The van der Waals surface area contributed by atoms with Crippen LogP contribution in [0.4, 0.5) is 0 Å². The van der Waals surface area contributed by atoms with Gasteiger partial charge in [0.1, 0.15) is 15.8 Å². The molecule has 3 rings (SSSR count). The molecule has 0 fully saturated rings. The van der Waals surface area contributed by atoms with Crippen molar-refractivity contribution in [2.75, 3.05) is 13.1 Å². The summed E-state index contributed by atoms with van der Waals surface area (Å²) in [6, 6.07) is 28.4. The predicted molar refractivity (Wildman–Crippen MR) is 134 cm³/mol. The van der Waals surface area contributed by atoms with Crippen LogP contribution in [0.15, 0.2) is 106 Å². The van der Waals surface area contributed by atoms with Gasteiger partial charge in [-0.25, -0.2) is 4.99 Å². The zero-order valence-corrected chi connectivity index (χ0v) is 20.0. The van der Waals surface area contributed by atoms with Crippen LogP contribution in [0, 0.1) is 0 Å². The summed E-state index contributed by atoms with van der Waals surface area (Å²) in [5, 5.41) is 1.26. The maximum atomic E-state index is 14.8. The van der Waals surface area contributed by atoms with Crippen LogP contribution in [0.2, 0.25) is 0 Å². The molecule has 0 aliphatic heterocycles. The normalized spacial score (nSPS) is 11.8. The Morgan fingerprint density at radius 2 is 1.19 bits per heavy atom. The molecule has 0 spiro atoms. The van der Waals surface area contributed by atoms with E-state index in [4.69, 9.17) is 28.2 Å². The Bertz CT molecular complexity index is 1050. The summed E-state index contributed by atoms with van der Waals surface area (Å²) in [5.41, 5.74) is 1.09. The minimum atomic E-state index is -3.42. The van der Waals surface area contributed by atoms with Gasteiger partial charge in [-0.15, -0.1) is 0 Å². The molecule has 0 bridgehead atoms. The van der Waals surface area contributed by atoms with E-state index in [0.717, 1.165) is 18.7 Å². The van der Waals surface area contributed by atoms with Crippen LogP contribution in [-0.4, -0.2) is 23.8 Å². The van der Waals surface area contributed by atoms with Crippen LogP contribution < -0.4 is 10.6 Å². The van der Waals surface area contributed by atoms with Gasteiger partial charge in [0.15, 0.2) is 7.14 Å². The molecule has 0 N–H and O–H groups in total. The lowest BCUT2D eigenvalue weighted by molar-refractivity contribution is 0.466. The standard InChI is InChI=1S/C25H25Cl2N2OP/c1-3-29(4-2)24(20-14-8-5-9-15-20)28-25(23(26)27)31(30,21-16-10-6-11-17-21)22-18-12-7-13-19-22/h5-19H,3-4H2,1-2H3/b28-24+. The summed E-state index contributed by atoms with van der Waals surface area (Å²) in [6.07, 6.45) is 0. The third-order valence-corrected chi connectivity index (χ3v) is 8.61. The fourth-order valence-electron chi connectivity index (χ4n) is 3.43. The van der Waals surface area contributed by atoms with Crippen molar-refractivity contribution in [1.82, 2.24) is 4.90 Å². The van der Waals surface area contributed by atoms with Crippen molar-refractivity contribution < 1.29 is 4.57 Å². The molecule has 3 nitrogen and oxygen atoms in total. The lowest BCUT2D eigenvalue weighted by Crippen LogP contribution is -2.32. The van der Waals surface area contributed by atoms with E-state index >= 15 is 0 Å². The number of hydrogen-bond donors (Lipinski definition) is 0. The Kier molecular flexibility index (Phi) is 8.15. The molecular weight excluding hydrogens is 446 g/mol. The van der Waals surface area contributed by atoms with Crippen LogP contribution in [0.5, 0.6) is 0 Å². The Labute approximate surface area is 194 Å². The van der Waals surface area contributed by atoms with Gasteiger partial charge < -0.3 is 9.46 Å². The first-order chi connectivity index (χ1) is 15.0. The second-order valence-corrected chi connectivity index (χ2v) is 10.5. The molecule has 0 unspecified atom stereocenters. The predicted octanol–water partition coefficient (Wildman–Crippen LogP) is 6.39. The highest BCUT2D eigenvalue weighted by Gasteiger charge is 2.35. The van der Waals surface area contributed by atoms with Gasteiger partial charge >= 0.3 is 0 Å². The lowest BCUT2D eigenvalue weighted by atomic mass is 10.2. The Morgan fingerprint density at radius 1 is 0.774 bits per heavy atom. The summed E-state index contributed by atoms with van der Waals surface area (Å²) in [5.74, 6) is 0.687. The van der Waals surface area contributed by atoms with E-state index in [2.05, 4.69) is 18.7 Å². The first-order valence-electron chi connectivity index (χ1n) is 10.2. The van der Waals surface area contributed by atoms with E-state index in [1.54, 1.807) is 0 Å². The van der Waals surface area contributed by atoms with Crippen LogP contribution in [0.1, 0.15) is 19.4 Å². The fraction of sp³-hybridized carbons (Fsp3) is 0.160. The zero-order chi connectivity index (χ0) is 22.3. The van der Waals surface area contributed by atoms with Crippen LogP contribution in [-0.2, 0) is 4.57 Å². The molecular formula is C25H25Cl2N2OP. The Hall–Kier alpha value is -2.32.